The number of amides is 1. The van der Waals surface area contributed by atoms with Gasteiger partial charge < -0.3 is 14.2 Å². The molecular formula is C26H22N2O3. The van der Waals surface area contributed by atoms with Crippen molar-refractivity contribution in [3.8, 4) is 28.3 Å². The summed E-state index contributed by atoms with van der Waals surface area (Å²) >= 11 is 0. The number of likely N-dealkylation sites (N-methyl/N-ethyl adjacent to an activating group) is 1. The van der Waals surface area contributed by atoms with Gasteiger partial charge in [0.25, 0.3) is 5.91 Å². The molecule has 1 aliphatic rings. The molecule has 154 valence electrons. The highest BCUT2D eigenvalue weighted by Crippen LogP contribution is 2.38. The highest BCUT2D eigenvalue weighted by molar-refractivity contribution is 5.94. The summed E-state index contributed by atoms with van der Waals surface area (Å²) in [4.78, 5) is 14.1. The Bertz CT molecular complexity index is 1210. The van der Waals surface area contributed by atoms with Crippen LogP contribution in [0.25, 0.3) is 22.6 Å². The van der Waals surface area contributed by atoms with E-state index in [-0.39, 0.29) is 12.5 Å². The molecule has 5 heteroatoms. The van der Waals surface area contributed by atoms with Crippen LogP contribution in [0, 0.1) is 0 Å². The van der Waals surface area contributed by atoms with E-state index in [1.54, 1.807) is 11.9 Å². The number of para-hydroxylation sites is 1. The van der Waals surface area contributed by atoms with Gasteiger partial charge in [0, 0.05) is 29.4 Å². The number of carbonyl (C=O) groups is 1. The largest absolute Gasteiger partial charge is 0.484 e. The number of rotatable bonds is 5. The van der Waals surface area contributed by atoms with Crippen molar-refractivity contribution < 1.29 is 14.1 Å². The number of fused-ring (bicyclic) bond motifs is 3. The van der Waals surface area contributed by atoms with E-state index in [0.717, 1.165) is 46.7 Å². The lowest BCUT2D eigenvalue weighted by Crippen LogP contribution is -2.31. The van der Waals surface area contributed by atoms with Gasteiger partial charge >= 0.3 is 0 Å². The molecular weight excluding hydrogens is 388 g/mol. The van der Waals surface area contributed by atoms with E-state index in [1.165, 1.54) is 5.56 Å². The molecule has 1 aromatic heterocycles. The number of anilines is 1. The smallest absolute Gasteiger partial charge is 0.264 e. The van der Waals surface area contributed by atoms with Crippen molar-refractivity contribution in [3.05, 3.63) is 90.0 Å². The molecule has 0 unspecified atom stereocenters. The number of nitrogens with zero attached hydrogens (tertiary/aromatic N) is 2. The van der Waals surface area contributed by atoms with Crippen LogP contribution in [0.15, 0.2) is 83.4 Å². The second kappa shape index (κ2) is 8.11. The Morgan fingerprint density at radius 1 is 0.968 bits per heavy atom. The average Bonchev–Trinajstić information content (AvgIpc) is 3.27. The number of ether oxygens (including phenoxy) is 1. The van der Waals surface area contributed by atoms with Crippen LogP contribution in [0.2, 0.25) is 0 Å². The first-order valence-corrected chi connectivity index (χ1v) is 10.3. The molecule has 4 aromatic rings. The fourth-order valence-corrected chi connectivity index (χ4v) is 3.95. The van der Waals surface area contributed by atoms with Gasteiger partial charge in [0.1, 0.15) is 11.4 Å². The van der Waals surface area contributed by atoms with Crippen LogP contribution in [0.5, 0.6) is 5.75 Å². The predicted octanol–water partition coefficient (Wildman–Crippen LogP) is 5.15. The van der Waals surface area contributed by atoms with Gasteiger partial charge in [0.2, 0.25) is 0 Å². The molecule has 0 saturated carbocycles. The number of carbonyl (C=O) groups excluding carboxylic acids is 1. The molecule has 31 heavy (non-hydrogen) atoms. The van der Waals surface area contributed by atoms with E-state index < -0.39 is 0 Å². The van der Waals surface area contributed by atoms with Gasteiger partial charge in [-0.3, -0.25) is 4.79 Å². The van der Waals surface area contributed by atoms with Gasteiger partial charge in [-0.1, -0.05) is 47.6 Å². The fourth-order valence-electron chi connectivity index (χ4n) is 3.95. The predicted molar refractivity (Wildman–Crippen MR) is 120 cm³/mol. The van der Waals surface area contributed by atoms with Crippen LogP contribution in [0.3, 0.4) is 0 Å². The van der Waals surface area contributed by atoms with E-state index in [1.807, 2.05) is 60.7 Å². The summed E-state index contributed by atoms with van der Waals surface area (Å²) in [5.41, 5.74) is 6.29. The number of aryl methyl sites for hydroxylation is 1. The SMILES string of the molecule is CN(C(=O)COc1ccccc1)c1ccc(-c2onc3c2CCc2ccccc2-3)cc1. The minimum Gasteiger partial charge on any atom is -0.484 e. The first-order valence-electron chi connectivity index (χ1n) is 10.3. The van der Waals surface area contributed by atoms with Crippen LogP contribution in [-0.2, 0) is 17.6 Å². The molecule has 0 bridgehead atoms. The van der Waals surface area contributed by atoms with Gasteiger partial charge in [-0.25, -0.2) is 0 Å². The van der Waals surface area contributed by atoms with Crippen LogP contribution in [0.1, 0.15) is 11.1 Å². The molecule has 3 aromatic carbocycles. The van der Waals surface area contributed by atoms with Crippen molar-refractivity contribution in [2.45, 2.75) is 12.8 Å². The topological polar surface area (TPSA) is 55.6 Å². The van der Waals surface area contributed by atoms with E-state index in [9.17, 15) is 4.79 Å². The Kier molecular flexibility index (Phi) is 5.00. The van der Waals surface area contributed by atoms with Crippen LogP contribution in [0.4, 0.5) is 5.69 Å². The van der Waals surface area contributed by atoms with Crippen LogP contribution >= 0.6 is 0 Å². The number of aromatic nitrogens is 1. The van der Waals surface area contributed by atoms with Gasteiger partial charge in [0.15, 0.2) is 12.4 Å². The summed E-state index contributed by atoms with van der Waals surface area (Å²) in [6, 6.07) is 25.4. The maximum absolute atomic E-state index is 12.5. The Hall–Kier alpha value is -3.86. The molecule has 5 rings (SSSR count). The first kappa shape index (κ1) is 19.1. The molecule has 1 amide bonds. The highest BCUT2D eigenvalue weighted by atomic mass is 16.5. The van der Waals surface area contributed by atoms with Crippen molar-refractivity contribution in [1.82, 2.24) is 5.16 Å². The quantitative estimate of drug-likeness (QED) is 0.457. The highest BCUT2D eigenvalue weighted by Gasteiger charge is 2.24. The third kappa shape index (κ3) is 3.70. The van der Waals surface area contributed by atoms with Crippen molar-refractivity contribution in [3.63, 3.8) is 0 Å². The molecule has 0 spiro atoms. The summed E-state index contributed by atoms with van der Waals surface area (Å²) in [5, 5.41) is 4.36. The lowest BCUT2D eigenvalue weighted by Gasteiger charge is -2.18. The number of hydrogen-bond acceptors (Lipinski definition) is 4. The minimum atomic E-state index is -0.120. The van der Waals surface area contributed by atoms with Crippen molar-refractivity contribution in [1.29, 1.82) is 0 Å². The lowest BCUT2D eigenvalue weighted by molar-refractivity contribution is -0.120. The van der Waals surface area contributed by atoms with Gasteiger partial charge in [-0.15, -0.1) is 0 Å². The van der Waals surface area contributed by atoms with Gasteiger partial charge in [-0.2, -0.15) is 0 Å². The maximum Gasteiger partial charge on any atom is 0.264 e. The Morgan fingerprint density at radius 3 is 2.52 bits per heavy atom. The first-order chi connectivity index (χ1) is 15.2. The zero-order valence-electron chi connectivity index (χ0n) is 17.2. The normalized spacial score (nSPS) is 12.0. The molecule has 0 saturated heterocycles. The zero-order valence-corrected chi connectivity index (χ0v) is 17.2. The van der Waals surface area contributed by atoms with E-state index >= 15 is 0 Å². The monoisotopic (exact) mass is 410 g/mol. The summed E-state index contributed by atoms with van der Waals surface area (Å²) in [7, 11) is 1.75. The van der Waals surface area contributed by atoms with E-state index in [4.69, 9.17) is 9.26 Å². The molecule has 1 heterocycles. The molecule has 5 nitrogen and oxygen atoms in total. The molecule has 1 aliphatic carbocycles. The van der Waals surface area contributed by atoms with Crippen LogP contribution < -0.4 is 9.64 Å². The Morgan fingerprint density at radius 2 is 1.71 bits per heavy atom. The van der Waals surface area contributed by atoms with Crippen molar-refractivity contribution in [2.24, 2.45) is 0 Å². The second-order valence-electron chi connectivity index (χ2n) is 7.60. The molecule has 0 aliphatic heterocycles. The maximum atomic E-state index is 12.5. The molecule has 0 fully saturated rings. The second-order valence-corrected chi connectivity index (χ2v) is 7.60. The minimum absolute atomic E-state index is 0.0166. The summed E-state index contributed by atoms with van der Waals surface area (Å²) in [6.07, 6.45) is 1.89. The van der Waals surface area contributed by atoms with Gasteiger partial charge in [-0.05, 0) is 54.8 Å². The molecule has 0 radical (unpaired) electrons. The van der Waals surface area contributed by atoms with E-state index in [0.29, 0.717) is 5.75 Å². The van der Waals surface area contributed by atoms with Crippen molar-refractivity contribution in [2.75, 3.05) is 18.6 Å². The summed E-state index contributed by atoms with van der Waals surface area (Å²) in [5.74, 6) is 1.36. The summed E-state index contributed by atoms with van der Waals surface area (Å²) < 4.78 is 11.3. The number of benzene rings is 3. The molecule has 0 N–H and O–H groups in total. The van der Waals surface area contributed by atoms with E-state index in [2.05, 4.69) is 23.4 Å². The van der Waals surface area contributed by atoms with Crippen LogP contribution in [-0.4, -0.2) is 24.7 Å². The molecule has 0 atom stereocenters. The van der Waals surface area contributed by atoms with Crippen molar-refractivity contribution >= 4 is 11.6 Å². The fraction of sp³-hybridized carbons (Fsp3) is 0.154. The third-order valence-electron chi connectivity index (χ3n) is 5.70. The standard InChI is InChI=1S/C26H22N2O3/c1-28(24(29)17-30-21-8-3-2-4-9-21)20-14-11-19(12-15-20)26-23-16-13-18-7-5-6-10-22(18)25(23)27-31-26/h2-12,14-15H,13,16-17H2,1H3. The lowest BCUT2D eigenvalue weighted by atomic mass is 9.88. The van der Waals surface area contributed by atoms with Gasteiger partial charge in [0.05, 0.1) is 0 Å². The Labute approximate surface area is 180 Å². The third-order valence-corrected chi connectivity index (χ3v) is 5.70. The Balaban J connectivity index is 1.32. The number of hydrogen-bond donors (Lipinski definition) is 0. The zero-order chi connectivity index (χ0) is 21.2. The summed E-state index contributed by atoms with van der Waals surface area (Å²) in [6.45, 7) is -0.0166. The average molecular weight is 410 g/mol.